The van der Waals surface area contributed by atoms with E-state index in [1.54, 1.807) is 6.08 Å². The lowest BCUT2D eigenvalue weighted by Gasteiger charge is -2.40. The Kier molecular flexibility index (Phi) is 53.0. The fourth-order valence-electron chi connectivity index (χ4n) is 8.94. The summed E-state index contributed by atoms with van der Waals surface area (Å²) in [6.45, 7) is 3.63. The summed E-state index contributed by atoms with van der Waals surface area (Å²) in [7, 11) is 0. The molecule has 1 heterocycles. The number of aliphatic hydroxyl groups excluding tert-OH is 5. The van der Waals surface area contributed by atoms with Crippen molar-refractivity contribution in [3.63, 3.8) is 0 Å². The minimum absolute atomic E-state index is 0.208. The molecule has 0 aromatic carbocycles. The minimum Gasteiger partial charge on any atom is -0.394 e. The summed E-state index contributed by atoms with van der Waals surface area (Å²) < 4.78 is 11.3. The van der Waals surface area contributed by atoms with Crippen LogP contribution in [0.1, 0.15) is 232 Å². The molecule has 9 heteroatoms. The van der Waals surface area contributed by atoms with Gasteiger partial charge in [0.1, 0.15) is 24.4 Å². The molecule has 0 bridgehead atoms. The number of hydrogen-bond acceptors (Lipinski definition) is 8. The molecule has 6 N–H and O–H groups in total. The maximum absolute atomic E-state index is 13.1. The molecule has 0 spiro atoms. The van der Waals surface area contributed by atoms with Gasteiger partial charge in [0.05, 0.1) is 25.4 Å². The summed E-state index contributed by atoms with van der Waals surface area (Å²) >= 11 is 0. The lowest BCUT2D eigenvalue weighted by molar-refractivity contribution is -0.302. The number of carbonyl (C=O) groups is 1. The van der Waals surface area contributed by atoms with Crippen LogP contribution in [-0.4, -0.2) is 87.5 Å². The van der Waals surface area contributed by atoms with Gasteiger partial charge in [0.15, 0.2) is 6.29 Å². The number of aliphatic hydroxyl groups is 5. The predicted molar refractivity (Wildman–Crippen MR) is 336 cm³/mol. The molecule has 0 radical (unpaired) electrons. The minimum atomic E-state index is -1.59. The molecule has 1 aliphatic rings. The smallest absolute Gasteiger partial charge is 0.220 e. The van der Waals surface area contributed by atoms with Crippen molar-refractivity contribution in [1.82, 2.24) is 5.32 Å². The number of ether oxygens (including phenoxy) is 2. The Morgan fingerprint density at radius 1 is 0.443 bits per heavy atom. The highest BCUT2D eigenvalue weighted by Crippen LogP contribution is 2.23. The van der Waals surface area contributed by atoms with E-state index in [0.29, 0.717) is 6.42 Å². The first-order chi connectivity index (χ1) is 38.8. The molecule has 1 fully saturated rings. The predicted octanol–water partition coefficient (Wildman–Crippen LogP) is 16.6. The highest BCUT2D eigenvalue weighted by atomic mass is 16.7. The van der Waals surface area contributed by atoms with E-state index in [0.717, 1.165) is 122 Å². The van der Waals surface area contributed by atoms with E-state index in [1.165, 1.54) is 89.9 Å². The monoisotopic (exact) mass is 1100 g/mol. The fraction of sp³-hybridized carbons (Fsp3) is 0.643. The van der Waals surface area contributed by atoms with Crippen LogP contribution in [-0.2, 0) is 14.3 Å². The summed E-state index contributed by atoms with van der Waals surface area (Å²) in [6.07, 6.45) is 82.0. The molecule has 79 heavy (non-hydrogen) atoms. The van der Waals surface area contributed by atoms with Crippen molar-refractivity contribution >= 4 is 5.91 Å². The molecule has 0 aromatic rings. The van der Waals surface area contributed by atoms with Crippen molar-refractivity contribution in [2.24, 2.45) is 0 Å². The van der Waals surface area contributed by atoms with Gasteiger partial charge in [-0.15, -0.1) is 0 Å². The average molecular weight is 1100 g/mol. The standard InChI is InChI=1S/C70H115NO8/c1-3-5-7-9-11-13-15-17-19-21-23-25-26-27-28-29-30-31-32-33-34-35-36-37-38-40-42-44-46-48-50-52-54-56-58-60-66(74)71-63(62-78-70-69(77)68(76)67(75)65(61-72)79-70)64(73)59-57-55-53-51-49-47-45-43-41-39-24-22-20-18-16-14-12-10-8-6-4-2/h5,7,11,13,17,19,23,25,27-28,30-31,33-34,36-37,40-43,49,51,57,59,63-65,67-70,72-73,75-77H,3-4,6,8-10,12,14-16,18,20-22,24,26,29,32,35,38-39,44-48,50,52-56,58,60-62H2,1-2H3,(H,71,74)/b7-5-,13-11-,19-17-,25-23-,28-27-,31-30-,34-33-,37-36-,42-40-,43-41+,51-49+,59-57+. The molecule has 0 aliphatic carbocycles. The van der Waals surface area contributed by atoms with E-state index in [2.05, 4.69) is 153 Å². The summed E-state index contributed by atoms with van der Waals surface area (Å²) in [5, 5.41) is 54.6. The van der Waals surface area contributed by atoms with Gasteiger partial charge in [-0.3, -0.25) is 4.79 Å². The van der Waals surface area contributed by atoms with Crippen LogP contribution in [0.2, 0.25) is 0 Å². The Morgan fingerprint density at radius 3 is 1.22 bits per heavy atom. The van der Waals surface area contributed by atoms with E-state index < -0.39 is 49.5 Å². The summed E-state index contributed by atoms with van der Waals surface area (Å²) in [6, 6.07) is -0.846. The molecule has 0 saturated carbocycles. The number of allylic oxidation sites excluding steroid dienone is 23. The molecule has 448 valence electrons. The van der Waals surface area contributed by atoms with Gasteiger partial charge in [-0.1, -0.05) is 256 Å². The first-order valence-corrected chi connectivity index (χ1v) is 31.6. The molecular formula is C70H115NO8. The largest absolute Gasteiger partial charge is 0.394 e. The van der Waals surface area contributed by atoms with Crippen LogP contribution >= 0.6 is 0 Å². The highest BCUT2D eigenvalue weighted by molar-refractivity contribution is 5.76. The lowest BCUT2D eigenvalue weighted by atomic mass is 9.99. The molecule has 7 atom stereocenters. The molecule has 7 unspecified atom stereocenters. The lowest BCUT2D eigenvalue weighted by Crippen LogP contribution is -2.60. The van der Waals surface area contributed by atoms with Crippen LogP contribution in [0.5, 0.6) is 0 Å². The third kappa shape index (κ3) is 46.4. The zero-order valence-electron chi connectivity index (χ0n) is 49.8. The van der Waals surface area contributed by atoms with E-state index in [1.807, 2.05) is 6.08 Å². The second kappa shape index (κ2) is 57.3. The van der Waals surface area contributed by atoms with E-state index in [-0.39, 0.29) is 12.5 Å². The number of hydrogen-bond donors (Lipinski definition) is 6. The molecule has 9 nitrogen and oxygen atoms in total. The van der Waals surface area contributed by atoms with Crippen LogP contribution in [0.4, 0.5) is 0 Å². The average Bonchev–Trinajstić information content (AvgIpc) is 3.47. The normalized spacial score (nSPS) is 19.6. The van der Waals surface area contributed by atoms with Gasteiger partial charge in [0, 0.05) is 6.42 Å². The van der Waals surface area contributed by atoms with Gasteiger partial charge in [-0.25, -0.2) is 0 Å². The van der Waals surface area contributed by atoms with Gasteiger partial charge in [-0.2, -0.15) is 0 Å². The van der Waals surface area contributed by atoms with Gasteiger partial charge < -0.3 is 40.3 Å². The highest BCUT2D eigenvalue weighted by Gasteiger charge is 2.44. The quantitative estimate of drug-likeness (QED) is 0.0261. The second-order valence-corrected chi connectivity index (χ2v) is 21.1. The third-order valence-electron chi connectivity index (χ3n) is 13.9. The molecule has 1 saturated heterocycles. The van der Waals surface area contributed by atoms with E-state index >= 15 is 0 Å². The van der Waals surface area contributed by atoms with Crippen molar-refractivity contribution in [2.75, 3.05) is 13.2 Å². The zero-order valence-corrected chi connectivity index (χ0v) is 49.8. The summed E-state index contributed by atoms with van der Waals surface area (Å²) in [4.78, 5) is 13.1. The second-order valence-electron chi connectivity index (χ2n) is 21.1. The van der Waals surface area contributed by atoms with Crippen LogP contribution < -0.4 is 5.32 Å². The van der Waals surface area contributed by atoms with Gasteiger partial charge in [0.2, 0.25) is 5.91 Å². The van der Waals surface area contributed by atoms with Crippen molar-refractivity contribution < 1.29 is 39.8 Å². The summed E-state index contributed by atoms with van der Waals surface area (Å²) in [5.74, 6) is -0.208. The zero-order chi connectivity index (χ0) is 57.2. The Balaban J connectivity index is 2.24. The number of amides is 1. The number of carbonyl (C=O) groups excluding carboxylic acids is 1. The van der Waals surface area contributed by atoms with Crippen molar-refractivity contribution in [1.29, 1.82) is 0 Å². The molecule has 0 aromatic heterocycles. The van der Waals surface area contributed by atoms with Crippen LogP contribution in [0.3, 0.4) is 0 Å². The summed E-state index contributed by atoms with van der Waals surface area (Å²) in [5.41, 5.74) is 0. The first kappa shape index (κ1) is 73.1. The van der Waals surface area contributed by atoms with Gasteiger partial charge in [-0.05, 0) is 116 Å². The van der Waals surface area contributed by atoms with Crippen LogP contribution in [0.15, 0.2) is 146 Å². The number of nitrogens with one attached hydrogen (secondary N) is 1. The Labute approximate surface area is 483 Å². The third-order valence-corrected chi connectivity index (χ3v) is 13.9. The van der Waals surface area contributed by atoms with Crippen molar-refractivity contribution in [2.45, 2.75) is 275 Å². The van der Waals surface area contributed by atoms with Crippen LogP contribution in [0, 0.1) is 0 Å². The number of rotatable bonds is 52. The van der Waals surface area contributed by atoms with E-state index in [9.17, 15) is 30.3 Å². The molecule has 1 rings (SSSR count). The first-order valence-electron chi connectivity index (χ1n) is 31.6. The maximum Gasteiger partial charge on any atom is 0.220 e. The Morgan fingerprint density at radius 2 is 0.797 bits per heavy atom. The Bertz CT molecular complexity index is 1750. The Hall–Kier alpha value is -3.93. The fourth-order valence-corrected chi connectivity index (χ4v) is 8.94. The molecule has 1 amide bonds. The van der Waals surface area contributed by atoms with Gasteiger partial charge >= 0.3 is 0 Å². The molecule has 1 aliphatic heterocycles. The van der Waals surface area contributed by atoms with E-state index in [4.69, 9.17) is 9.47 Å². The van der Waals surface area contributed by atoms with Gasteiger partial charge in [0.25, 0.3) is 0 Å². The van der Waals surface area contributed by atoms with Crippen LogP contribution in [0.25, 0.3) is 0 Å². The topological polar surface area (TPSA) is 149 Å². The maximum atomic E-state index is 13.1. The SMILES string of the molecule is CC/C=C\C/C=C\C/C=C\C/C=C\C/C=C\C/C=C\C/C=C\C/C=C\C/C=C\CCCCCCCCCC(=O)NC(COC1OC(CO)C(O)C(O)C1O)C(O)/C=C/CC/C=C/CC/C=C/CCCCCCCCCCCCC. The number of unbranched alkanes of at least 4 members (excludes halogenated alkanes) is 20. The van der Waals surface area contributed by atoms with Crippen molar-refractivity contribution in [3.05, 3.63) is 146 Å². The molecular weight excluding hydrogens is 983 g/mol. The van der Waals surface area contributed by atoms with Crippen molar-refractivity contribution in [3.8, 4) is 0 Å².